The second-order valence-corrected chi connectivity index (χ2v) is 18.9. The molecular formula is C49H51FN5O10S+. The van der Waals surface area contributed by atoms with E-state index >= 15 is 0 Å². The quantitative estimate of drug-likeness (QED) is 0.0370. The topological polar surface area (TPSA) is 174 Å². The summed E-state index contributed by atoms with van der Waals surface area (Å²) < 4.78 is 38.1. The van der Waals surface area contributed by atoms with E-state index in [1.165, 1.54) is 28.8 Å². The Morgan fingerprint density at radius 3 is 2.20 bits per heavy atom. The highest BCUT2D eigenvalue weighted by Gasteiger charge is 2.55. The summed E-state index contributed by atoms with van der Waals surface area (Å²) in [5.74, 6) is -2.98. The number of esters is 1. The summed E-state index contributed by atoms with van der Waals surface area (Å²) in [6.45, 7) is 10.6. The first kappa shape index (κ1) is 47.0. The third-order valence-electron chi connectivity index (χ3n) is 10.3. The number of aromatic nitrogens is 1. The molecular weight excluding hydrogens is 870 g/mol. The first-order chi connectivity index (χ1) is 31.3. The highest BCUT2D eigenvalue weighted by Crippen LogP contribution is 2.43. The zero-order valence-electron chi connectivity index (χ0n) is 37.4. The van der Waals surface area contributed by atoms with Gasteiger partial charge in [-0.05, 0) is 88.9 Å². The molecule has 2 atom stereocenters. The van der Waals surface area contributed by atoms with Crippen LogP contribution in [0.4, 0.5) is 19.7 Å². The Balaban J connectivity index is 1.06. The normalized spacial score (nSPS) is 17.8. The Labute approximate surface area is 385 Å². The largest absolute Gasteiger partial charge is 0.514 e. The number of ether oxygens (including phenoxy) is 4. The van der Waals surface area contributed by atoms with Crippen molar-refractivity contribution in [2.45, 2.75) is 89.8 Å². The Morgan fingerprint density at radius 1 is 0.894 bits per heavy atom. The van der Waals surface area contributed by atoms with Crippen LogP contribution in [0.15, 0.2) is 126 Å². The van der Waals surface area contributed by atoms with Crippen molar-refractivity contribution in [1.29, 1.82) is 0 Å². The third kappa shape index (κ3) is 11.6. The number of amides is 4. The summed E-state index contributed by atoms with van der Waals surface area (Å²) in [5.41, 5.74) is 1.57. The van der Waals surface area contributed by atoms with Crippen molar-refractivity contribution in [3.8, 4) is 5.75 Å². The number of benzene rings is 3. The number of halogens is 1. The highest BCUT2D eigenvalue weighted by molar-refractivity contribution is 8.00. The molecule has 7 rings (SSSR count). The minimum atomic E-state index is -1.06. The lowest BCUT2D eigenvalue weighted by Crippen LogP contribution is -2.70. The minimum absolute atomic E-state index is 0.00297. The number of hydrogen-bond acceptors (Lipinski definition) is 11. The van der Waals surface area contributed by atoms with Gasteiger partial charge in [0.05, 0.1) is 6.54 Å². The number of rotatable bonds is 12. The molecule has 0 spiro atoms. The second-order valence-electron chi connectivity index (χ2n) is 17.8. The first-order valence-corrected chi connectivity index (χ1v) is 22.3. The van der Waals surface area contributed by atoms with Crippen LogP contribution in [0.3, 0.4) is 0 Å². The summed E-state index contributed by atoms with van der Waals surface area (Å²) in [5, 5.41) is 4.66. The predicted octanol–water partition coefficient (Wildman–Crippen LogP) is 7.12. The van der Waals surface area contributed by atoms with E-state index in [1.54, 1.807) is 75.5 Å². The van der Waals surface area contributed by atoms with Gasteiger partial charge in [-0.1, -0.05) is 60.7 Å². The van der Waals surface area contributed by atoms with Gasteiger partial charge < -0.3 is 34.5 Å². The maximum absolute atomic E-state index is 14.7. The SMILES string of the molecule is CC(C)(C)OC(=O)NC1C(=O)N2C(C(=O)OC(c3ccccc3)c3ccccc3)=C(C=C3CCN(Cc4ccc[n+](CC(=O)Nc5ccc(OC(=O)OC(C)(C)C)c(F)c5)c4)C3=O)CSC12. The minimum Gasteiger partial charge on any atom is -0.448 e. The number of likely N-dealkylation sites (tertiary alicyclic amines) is 1. The predicted molar refractivity (Wildman–Crippen MR) is 241 cm³/mol. The Bertz CT molecular complexity index is 2550. The van der Waals surface area contributed by atoms with Crippen molar-refractivity contribution in [1.82, 2.24) is 15.1 Å². The van der Waals surface area contributed by atoms with Gasteiger partial charge in [0.1, 0.15) is 28.3 Å². The summed E-state index contributed by atoms with van der Waals surface area (Å²) >= 11 is 1.35. The van der Waals surface area contributed by atoms with Gasteiger partial charge in [0.2, 0.25) is 12.5 Å². The van der Waals surface area contributed by atoms with Gasteiger partial charge in [-0.15, -0.1) is 11.8 Å². The molecule has 2 unspecified atom stereocenters. The van der Waals surface area contributed by atoms with Crippen LogP contribution in [0.25, 0.3) is 0 Å². The molecule has 3 aliphatic rings. The van der Waals surface area contributed by atoms with Crippen molar-refractivity contribution in [3.63, 3.8) is 0 Å². The number of nitrogens with zero attached hydrogens (tertiary/aromatic N) is 3. The van der Waals surface area contributed by atoms with Gasteiger partial charge in [-0.25, -0.2) is 18.8 Å². The lowest BCUT2D eigenvalue weighted by molar-refractivity contribution is -0.684. The summed E-state index contributed by atoms with van der Waals surface area (Å²) in [6, 6.07) is 24.7. The average Bonchev–Trinajstić information content (AvgIpc) is 3.59. The number of allylic oxidation sites excluding steroid dienone is 1. The van der Waals surface area contributed by atoms with Crippen LogP contribution in [0, 0.1) is 5.82 Å². The van der Waals surface area contributed by atoms with Crippen LogP contribution in [-0.4, -0.2) is 80.7 Å². The molecule has 0 saturated carbocycles. The number of carbonyl (C=O) groups excluding carboxylic acids is 6. The number of anilines is 1. The Morgan fingerprint density at radius 2 is 1.56 bits per heavy atom. The molecule has 2 saturated heterocycles. The highest BCUT2D eigenvalue weighted by atomic mass is 32.2. The van der Waals surface area contributed by atoms with E-state index < -0.39 is 64.6 Å². The fraction of sp³-hybridized carbons (Fsp3) is 0.327. The molecule has 2 fully saturated rings. The molecule has 1 aromatic heterocycles. The lowest BCUT2D eigenvalue weighted by atomic mass is 10.00. The standard InChI is InChI=1S/C49H50FN5O10S/c1-48(2,3)64-46(60)52-39-43(58)55-40(45(59)63-41(31-15-9-7-10-16-31)32-17-11-8-12-18-32)34(29-66-44(39)55)24-33-21-23-54(42(33)57)27-30-14-13-22-53(26-30)28-38(56)51-35-19-20-37(36(50)25-35)62-47(61)65-49(4,5)6/h7-20,22,24-26,39,41,44H,21,23,27-29H2,1-6H3,(H-,51,52,56,60)/p+1. The maximum Gasteiger partial charge on any atom is 0.514 e. The second kappa shape index (κ2) is 19.6. The van der Waals surface area contributed by atoms with E-state index in [1.807, 2.05) is 66.7 Å². The smallest absolute Gasteiger partial charge is 0.448 e. The summed E-state index contributed by atoms with van der Waals surface area (Å²) in [6.07, 6.45) is 2.81. The first-order valence-electron chi connectivity index (χ1n) is 21.3. The van der Waals surface area contributed by atoms with Gasteiger partial charge >= 0.3 is 18.2 Å². The fourth-order valence-electron chi connectivity index (χ4n) is 7.46. The monoisotopic (exact) mass is 920 g/mol. The molecule has 0 radical (unpaired) electrons. The molecule has 4 heterocycles. The number of hydrogen-bond donors (Lipinski definition) is 2. The van der Waals surface area contributed by atoms with Crippen LogP contribution in [0.2, 0.25) is 0 Å². The van der Waals surface area contributed by atoms with E-state index in [2.05, 4.69) is 10.6 Å². The van der Waals surface area contributed by atoms with Gasteiger partial charge in [0.25, 0.3) is 11.8 Å². The van der Waals surface area contributed by atoms with Crippen LogP contribution in [0.1, 0.15) is 70.8 Å². The van der Waals surface area contributed by atoms with Gasteiger partial charge in [0, 0.05) is 41.3 Å². The number of carbonyl (C=O) groups is 6. The Hall–Kier alpha value is -7.01. The molecule has 3 aliphatic heterocycles. The molecule has 15 nitrogen and oxygen atoms in total. The number of pyridine rings is 1. The number of fused-ring (bicyclic) bond motifs is 1. The van der Waals surface area contributed by atoms with Crippen molar-refractivity contribution in [2.75, 3.05) is 17.6 Å². The van der Waals surface area contributed by atoms with Crippen LogP contribution < -0.4 is 19.9 Å². The fourth-order valence-corrected chi connectivity index (χ4v) is 8.77. The van der Waals surface area contributed by atoms with E-state index in [4.69, 9.17) is 18.9 Å². The number of thioether (sulfide) groups is 1. The molecule has 3 aromatic carbocycles. The molecule has 4 amide bonds. The number of alkyl carbamates (subject to hydrolysis) is 1. The summed E-state index contributed by atoms with van der Waals surface area (Å²) in [4.78, 5) is 83.1. The number of β-lactam (4-membered cyclic amide) rings is 1. The molecule has 0 aliphatic carbocycles. The summed E-state index contributed by atoms with van der Waals surface area (Å²) in [7, 11) is 0. The van der Waals surface area contributed by atoms with Crippen molar-refractivity contribution >= 4 is 53.4 Å². The van der Waals surface area contributed by atoms with E-state index in [-0.39, 0.29) is 41.9 Å². The van der Waals surface area contributed by atoms with Crippen molar-refractivity contribution < 1.29 is 56.7 Å². The molecule has 4 aromatic rings. The molecule has 344 valence electrons. The Kier molecular flexibility index (Phi) is 14.0. The van der Waals surface area contributed by atoms with Gasteiger partial charge in [0.15, 0.2) is 30.1 Å². The van der Waals surface area contributed by atoms with E-state index in [0.29, 0.717) is 24.1 Å². The van der Waals surface area contributed by atoms with E-state index in [9.17, 15) is 33.2 Å². The molecule has 66 heavy (non-hydrogen) atoms. The van der Waals surface area contributed by atoms with Gasteiger partial charge in [-0.3, -0.25) is 19.3 Å². The third-order valence-corrected chi connectivity index (χ3v) is 11.6. The average molecular weight is 921 g/mol. The molecule has 0 bridgehead atoms. The number of nitrogens with one attached hydrogen (secondary N) is 2. The zero-order chi connectivity index (χ0) is 47.3. The van der Waals surface area contributed by atoms with Gasteiger partial charge in [-0.2, -0.15) is 4.57 Å². The lowest BCUT2D eigenvalue weighted by Gasteiger charge is -2.49. The van der Waals surface area contributed by atoms with Crippen LogP contribution in [0.5, 0.6) is 5.75 Å². The zero-order valence-corrected chi connectivity index (χ0v) is 38.2. The van der Waals surface area contributed by atoms with E-state index in [0.717, 1.165) is 22.8 Å². The molecule has 17 heteroatoms. The van der Waals surface area contributed by atoms with Crippen LogP contribution in [-0.2, 0) is 46.5 Å². The van der Waals surface area contributed by atoms with Crippen LogP contribution >= 0.6 is 11.8 Å². The van der Waals surface area contributed by atoms with Crippen molar-refractivity contribution in [3.05, 3.63) is 149 Å². The van der Waals surface area contributed by atoms with Crippen molar-refractivity contribution in [2.24, 2.45) is 0 Å². The maximum atomic E-state index is 14.7. The molecule has 2 N–H and O–H groups in total.